The first-order valence-corrected chi connectivity index (χ1v) is 9.99. The van der Waals surface area contributed by atoms with Gasteiger partial charge in [-0.25, -0.2) is 0 Å². The Kier molecular flexibility index (Phi) is 8.17. The Labute approximate surface area is 172 Å². The summed E-state index contributed by atoms with van der Waals surface area (Å²) in [6.07, 6.45) is -0.984. The molecule has 0 aliphatic heterocycles. The number of thioether (sulfide) groups is 1. The number of aryl methyl sites for hydroxylation is 1. The van der Waals surface area contributed by atoms with Crippen molar-refractivity contribution in [3.63, 3.8) is 0 Å². The van der Waals surface area contributed by atoms with E-state index in [1.807, 2.05) is 31.2 Å². The monoisotopic (exact) mass is 417 g/mol. The second-order valence-corrected chi connectivity index (χ2v) is 7.81. The minimum Gasteiger partial charge on any atom is -0.387 e. The van der Waals surface area contributed by atoms with Crippen LogP contribution in [0, 0.1) is 17.0 Å². The number of hydrogen-bond donors (Lipinski definition) is 3. The van der Waals surface area contributed by atoms with E-state index >= 15 is 0 Å². The fourth-order valence-corrected chi connectivity index (χ4v) is 3.10. The van der Waals surface area contributed by atoms with Crippen molar-refractivity contribution in [2.45, 2.75) is 25.2 Å². The molecule has 0 saturated carbocycles. The van der Waals surface area contributed by atoms with E-state index in [1.165, 1.54) is 36.0 Å². The number of amides is 2. The maximum absolute atomic E-state index is 12.2. The van der Waals surface area contributed by atoms with Gasteiger partial charge in [-0.2, -0.15) is 0 Å². The van der Waals surface area contributed by atoms with Crippen molar-refractivity contribution >= 4 is 35.0 Å². The number of aliphatic hydroxyl groups excluding tert-OH is 1. The van der Waals surface area contributed by atoms with Crippen molar-refractivity contribution in [3.8, 4) is 0 Å². The summed E-state index contributed by atoms with van der Waals surface area (Å²) in [5.74, 6) is -0.392. The van der Waals surface area contributed by atoms with E-state index in [0.29, 0.717) is 11.3 Å². The van der Waals surface area contributed by atoms with Gasteiger partial charge in [-0.1, -0.05) is 17.7 Å². The Balaban J connectivity index is 1.74. The van der Waals surface area contributed by atoms with E-state index in [4.69, 9.17) is 0 Å². The second-order valence-electron chi connectivity index (χ2n) is 6.48. The number of nitro benzene ring substituents is 1. The molecular formula is C20H23N3O5S. The van der Waals surface area contributed by atoms with Gasteiger partial charge in [0, 0.05) is 24.4 Å². The average molecular weight is 417 g/mol. The minimum atomic E-state index is -0.984. The molecule has 0 spiro atoms. The van der Waals surface area contributed by atoms with E-state index in [-0.39, 0.29) is 29.8 Å². The number of benzene rings is 2. The molecule has 0 aliphatic carbocycles. The van der Waals surface area contributed by atoms with Crippen LogP contribution in [0.1, 0.15) is 24.2 Å². The van der Waals surface area contributed by atoms with Crippen LogP contribution >= 0.6 is 11.8 Å². The molecule has 3 N–H and O–H groups in total. The van der Waals surface area contributed by atoms with Crippen molar-refractivity contribution in [1.29, 1.82) is 0 Å². The van der Waals surface area contributed by atoms with Crippen molar-refractivity contribution < 1.29 is 19.6 Å². The molecule has 0 heterocycles. The van der Waals surface area contributed by atoms with Crippen LogP contribution < -0.4 is 10.6 Å². The van der Waals surface area contributed by atoms with Gasteiger partial charge in [0.05, 0.1) is 22.0 Å². The largest absolute Gasteiger partial charge is 0.387 e. The minimum absolute atomic E-state index is 0.0306. The van der Waals surface area contributed by atoms with E-state index < -0.39 is 16.3 Å². The summed E-state index contributed by atoms with van der Waals surface area (Å²) in [4.78, 5) is 34.3. The summed E-state index contributed by atoms with van der Waals surface area (Å²) in [5, 5.41) is 25.7. The summed E-state index contributed by atoms with van der Waals surface area (Å²) < 4.78 is 0. The Morgan fingerprint density at radius 1 is 1.14 bits per heavy atom. The Bertz CT molecular complexity index is 855. The number of aliphatic hydroxyl groups is 1. The second kappa shape index (κ2) is 10.6. The number of carbonyl (C=O) groups is 2. The van der Waals surface area contributed by atoms with Crippen LogP contribution in [-0.2, 0) is 9.59 Å². The van der Waals surface area contributed by atoms with Crippen LogP contribution in [0.4, 0.5) is 11.4 Å². The Morgan fingerprint density at radius 3 is 2.34 bits per heavy atom. The standard InChI is InChI=1S/C20H23N3O5S/c1-13-3-7-16(8-4-13)22-19(25)12-29-14(2)20(26)21-11-18(24)15-5-9-17(10-6-15)23(27)28/h3-10,14,18,24H,11-12H2,1-2H3,(H,21,26)(H,22,25). The number of hydrogen-bond acceptors (Lipinski definition) is 6. The van der Waals surface area contributed by atoms with Crippen LogP contribution in [0.25, 0.3) is 0 Å². The molecule has 2 unspecified atom stereocenters. The van der Waals surface area contributed by atoms with Gasteiger partial charge in [0.1, 0.15) is 0 Å². The molecule has 9 heteroatoms. The molecule has 2 rings (SSSR count). The van der Waals surface area contributed by atoms with Gasteiger partial charge in [0.2, 0.25) is 11.8 Å². The van der Waals surface area contributed by atoms with Gasteiger partial charge in [0.15, 0.2) is 0 Å². The number of nitrogens with zero attached hydrogens (tertiary/aromatic N) is 1. The third-order valence-corrected chi connectivity index (χ3v) is 5.27. The molecular weight excluding hydrogens is 394 g/mol. The van der Waals surface area contributed by atoms with Gasteiger partial charge in [0.25, 0.3) is 5.69 Å². The molecule has 154 valence electrons. The third-order valence-electron chi connectivity index (χ3n) is 4.13. The van der Waals surface area contributed by atoms with E-state index in [9.17, 15) is 24.8 Å². The van der Waals surface area contributed by atoms with Crippen LogP contribution in [0.5, 0.6) is 0 Å². The summed E-state index contributed by atoms with van der Waals surface area (Å²) in [5.41, 5.74) is 2.19. The van der Waals surface area contributed by atoms with Gasteiger partial charge in [-0.3, -0.25) is 19.7 Å². The quantitative estimate of drug-likeness (QED) is 0.426. The van der Waals surface area contributed by atoms with Gasteiger partial charge >= 0.3 is 0 Å². The van der Waals surface area contributed by atoms with E-state index in [2.05, 4.69) is 10.6 Å². The zero-order chi connectivity index (χ0) is 21.4. The Morgan fingerprint density at radius 2 is 1.76 bits per heavy atom. The van der Waals surface area contributed by atoms with Crippen molar-refractivity contribution in [3.05, 3.63) is 69.8 Å². The van der Waals surface area contributed by atoms with Gasteiger partial charge in [-0.15, -0.1) is 11.8 Å². The van der Waals surface area contributed by atoms with E-state index in [0.717, 1.165) is 5.56 Å². The maximum atomic E-state index is 12.2. The molecule has 2 amide bonds. The highest BCUT2D eigenvalue weighted by Crippen LogP contribution is 2.18. The van der Waals surface area contributed by atoms with Crippen LogP contribution in [0.15, 0.2) is 48.5 Å². The summed E-state index contributed by atoms with van der Waals surface area (Å²) in [6.45, 7) is 3.61. The van der Waals surface area contributed by atoms with Crippen LogP contribution in [0.2, 0.25) is 0 Å². The number of nitrogens with one attached hydrogen (secondary N) is 2. The summed E-state index contributed by atoms with van der Waals surface area (Å²) in [7, 11) is 0. The lowest BCUT2D eigenvalue weighted by Crippen LogP contribution is -2.34. The number of non-ortho nitro benzene ring substituents is 1. The van der Waals surface area contributed by atoms with Crippen LogP contribution in [-0.4, -0.2) is 39.4 Å². The van der Waals surface area contributed by atoms with Crippen molar-refractivity contribution in [2.24, 2.45) is 0 Å². The number of rotatable bonds is 9. The number of carbonyl (C=O) groups excluding carboxylic acids is 2. The normalized spacial score (nSPS) is 12.7. The lowest BCUT2D eigenvalue weighted by molar-refractivity contribution is -0.384. The lowest BCUT2D eigenvalue weighted by Gasteiger charge is -2.15. The maximum Gasteiger partial charge on any atom is 0.269 e. The van der Waals surface area contributed by atoms with E-state index in [1.54, 1.807) is 6.92 Å². The SMILES string of the molecule is Cc1ccc(NC(=O)CSC(C)C(=O)NCC(O)c2ccc([N+](=O)[O-])cc2)cc1. The highest BCUT2D eigenvalue weighted by atomic mass is 32.2. The molecule has 8 nitrogen and oxygen atoms in total. The predicted octanol–water partition coefficient (Wildman–Crippen LogP) is 2.81. The highest BCUT2D eigenvalue weighted by Gasteiger charge is 2.17. The molecule has 0 bridgehead atoms. The smallest absolute Gasteiger partial charge is 0.269 e. The fourth-order valence-electron chi connectivity index (χ4n) is 2.39. The summed E-state index contributed by atoms with van der Waals surface area (Å²) >= 11 is 1.19. The van der Waals surface area contributed by atoms with Gasteiger partial charge in [-0.05, 0) is 43.7 Å². The van der Waals surface area contributed by atoms with Crippen molar-refractivity contribution in [1.82, 2.24) is 5.32 Å². The number of nitro groups is 1. The van der Waals surface area contributed by atoms with Crippen LogP contribution in [0.3, 0.4) is 0 Å². The molecule has 0 aromatic heterocycles. The van der Waals surface area contributed by atoms with Crippen molar-refractivity contribution in [2.75, 3.05) is 17.6 Å². The zero-order valence-electron chi connectivity index (χ0n) is 16.1. The third kappa shape index (κ3) is 7.20. The molecule has 2 aromatic rings. The molecule has 2 aromatic carbocycles. The summed E-state index contributed by atoms with van der Waals surface area (Å²) in [6, 6.07) is 12.9. The molecule has 2 atom stereocenters. The zero-order valence-corrected chi connectivity index (χ0v) is 16.9. The first-order chi connectivity index (χ1) is 13.8. The topological polar surface area (TPSA) is 122 Å². The fraction of sp³-hybridized carbons (Fsp3) is 0.300. The Hall–Kier alpha value is -2.91. The average Bonchev–Trinajstić information content (AvgIpc) is 2.71. The highest BCUT2D eigenvalue weighted by molar-refractivity contribution is 8.01. The lowest BCUT2D eigenvalue weighted by atomic mass is 10.1. The number of anilines is 1. The predicted molar refractivity (Wildman–Crippen MR) is 113 cm³/mol. The molecule has 29 heavy (non-hydrogen) atoms. The molecule has 0 radical (unpaired) electrons. The first kappa shape index (κ1) is 22.4. The van der Waals surface area contributed by atoms with Gasteiger partial charge < -0.3 is 15.7 Å². The molecule has 0 aliphatic rings. The first-order valence-electron chi connectivity index (χ1n) is 8.94. The molecule has 0 saturated heterocycles. The molecule has 0 fully saturated rings.